The number of hydrogen-bond acceptors (Lipinski definition) is 4. The average Bonchev–Trinajstić information content (AvgIpc) is 3.22. The highest BCUT2D eigenvalue weighted by Gasteiger charge is 2.26. The minimum absolute atomic E-state index is 0.120. The molecular formula is C17H20N4O2. The van der Waals surface area contributed by atoms with Crippen LogP contribution >= 0.6 is 0 Å². The first-order valence-corrected chi connectivity index (χ1v) is 8.13. The number of carbonyl (C=O) groups is 1. The van der Waals surface area contributed by atoms with E-state index >= 15 is 0 Å². The fourth-order valence-corrected chi connectivity index (χ4v) is 3.50. The molecule has 0 saturated carbocycles. The molecule has 0 bridgehead atoms. The maximum Gasteiger partial charge on any atom is 0.253 e. The van der Waals surface area contributed by atoms with Crippen molar-refractivity contribution >= 4 is 5.91 Å². The third-order valence-corrected chi connectivity index (χ3v) is 4.75. The van der Waals surface area contributed by atoms with Gasteiger partial charge in [-0.15, -0.1) is 10.2 Å². The van der Waals surface area contributed by atoms with Crippen LogP contribution in [-0.2, 0) is 6.42 Å². The van der Waals surface area contributed by atoms with E-state index in [-0.39, 0.29) is 12.0 Å². The van der Waals surface area contributed by atoms with Crippen LogP contribution in [0.1, 0.15) is 41.7 Å². The van der Waals surface area contributed by atoms with Crippen molar-refractivity contribution in [1.82, 2.24) is 19.7 Å². The molecule has 4 rings (SSSR count). The summed E-state index contributed by atoms with van der Waals surface area (Å²) in [6, 6.07) is 6.19. The molecule has 1 amide bonds. The summed E-state index contributed by atoms with van der Waals surface area (Å²) in [6.07, 6.45) is 6.47. The second kappa shape index (κ2) is 5.68. The Labute approximate surface area is 135 Å². The summed E-state index contributed by atoms with van der Waals surface area (Å²) in [5, 5.41) is 7.72. The quantitative estimate of drug-likeness (QED) is 0.852. The van der Waals surface area contributed by atoms with Gasteiger partial charge >= 0.3 is 0 Å². The summed E-state index contributed by atoms with van der Waals surface area (Å²) in [7, 11) is 0. The van der Waals surface area contributed by atoms with Crippen LogP contribution in [0.2, 0.25) is 0 Å². The Bertz CT molecular complexity index is 705. The molecule has 1 saturated heterocycles. The number of piperidine rings is 1. The fraction of sp³-hybridized carbons (Fsp3) is 0.471. The van der Waals surface area contributed by atoms with Gasteiger partial charge in [0.1, 0.15) is 24.5 Å². The highest BCUT2D eigenvalue weighted by molar-refractivity contribution is 5.94. The summed E-state index contributed by atoms with van der Waals surface area (Å²) in [5.41, 5.74) is 1.91. The van der Waals surface area contributed by atoms with Crippen LogP contribution in [0.5, 0.6) is 5.75 Å². The molecule has 0 radical (unpaired) electrons. The lowest BCUT2D eigenvalue weighted by Crippen LogP contribution is -2.38. The summed E-state index contributed by atoms with van der Waals surface area (Å²) in [6.45, 7) is 3.59. The van der Waals surface area contributed by atoms with Crippen molar-refractivity contribution in [2.75, 3.05) is 13.1 Å². The first-order chi connectivity index (χ1) is 11.2. The zero-order chi connectivity index (χ0) is 15.8. The maximum absolute atomic E-state index is 12.7. The molecule has 0 spiro atoms. The summed E-state index contributed by atoms with van der Waals surface area (Å²) < 4.78 is 7.74. The fourth-order valence-electron chi connectivity index (χ4n) is 3.50. The standard InChI is InChI=1S/C17H20N4O2/c1-12-8-14-9-13(2-3-16(14)23-12)17(22)20-6-4-15(5-7-20)21-10-18-19-11-21/h2-3,9-12,15H,4-8H2,1H3/t12-/m0/s1. The van der Waals surface area contributed by atoms with Gasteiger partial charge in [-0.3, -0.25) is 4.79 Å². The number of likely N-dealkylation sites (tertiary alicyclic amines) is 1. The van der Waals surface area contributed by atoms with E-state index in [2.05, 4.69) is 17.1 Å². The summed E-state index contributed by atoms with van der Waals surface area (Å²) in [4.78, 5) is 14.7. The van der Waals surface area contributed by atoms with Crippen LogP contribution in [0.15, 0.2) is 30.9 Å². The number of benzene rings is 1. The van der Waals surface area contributed by atoms with Gasteiger partial charge in [0.15, 0.2) is 0 Å². The van der Waals surface area contributed by atoms with Crippen LogP contribution in [0.4, 0.5) is 0 Å². The van der Waals surface area contributed by atoms with Crippen LogP contribution in [0, 0.1) is 0 Å². The molecule has 23 heavy (non-hydrogen) atoms. The normalized spacial score (nSPS) is 21.1. The Kier molecular flexibility index (Phi) is 3.52. The molecule has 3 heterocycles. The van der Waals surface area contributed by atoms with Gasteiger partial charge < -0.3 is 14.2 Å². The number of amides is 1. The van der Waals surface area contributed by atoms with Crippen molar-refractivity contribution in [3.63, 3.8) is 0 Å². The van der Waals surface area contributed by atoms with E-state index in [1.54, 1.807) is 12.7 Å². The lowest BCUT2D eigenvalue weighted by molar-refractivity contribution is 0.0694. The van der Waals surface area contributed by atoms with Gasteiger partial charge in [0.05, 0.1) is 0 Å². The van der Waals surface area contributed by atoms with Gasteiger partial charge in [-0.1, -0.05) is 0 Å². The Morgan fingerprint density at radius 3 is 2.70 bits per heavy atom. The monoisotopic (exact) mass is 312 g/mol. The van der Waals surface area contributed by atoms with Gasteiger partial charge in [0, 0.05) is 31.1 Å². The van der Waals surface area contributed by atoms with Gasteiger partial charge in [-0.2, -0.15) is 0 Å². The van der Waals surface area contributed by atoms with Crippen molar-refractivity contribution in [3.05, 3.63) is 42.0 Å². The molecule has 1 aromatic heterocycles. The minimum atomic E-state index is 0.120. The van der Waals surface area contributed by atoms with Gasteiger partial charge in [-0.05, 0) is 43.5 Å². The van der Waals surface area contributed by atoms with Crippen molar-refractivity contribution in [2.45, 2.75) is 38.3 Å². The topological polar surface area (TPSA) is 60.2 Å². The minimum Gasteiger partial charge on any atom is -0.490 e. The van der Waals surface area contributed by atoms with Crippen molar-refractivity contribution < 1.29 is 9.53 Å². The highest BCUT2D eigenvalue weighted by atomic mass is 16.5. The average molecular weight is 312 g/mol. The molecule has 6 heteroatoms. The Morgan fingerprint density at radius 2 is 1.96 bits per heavy atom. The molecule has 120 valence electrons. The molecule has 0 N–H and O–H groups in total. The molecule has 1 aromatic carbocycles. The van der Waals surface area contributed by atoms with E-state index in [4.69, 9.17) is 4.74 Å². The van der Waals surface area contributed by atoms with E-state index in [1.165, 1.54) is 0 Å². The molecule has 0 aliphatic carbocycles. The first kappa shape index (κ1) is 14.2. The highest BCUT2D eigenvalue weighted by Crippen LogP contribution is 2.30. The SMILES string of the molecule is C[C@H]1Cc2cc(C(=O)N3CCC(n4cnnc4)CC3)ccc2O1. The molecule has 1 fully saturated rings. The Balaban J connectivity index is 1.43. The van der Waals surface area contributed by atoms with E-state index in [9.17, 15) is 4.79 Å². The number of nitrogens with zero attached hydrogens (tertiary/aromatic N) is 4. The number of fused-ring (bicyclic) bond motifs is 1. The van der Waals surface area contributed by atoms with Gasteiger partial charge in [0.2, 0.25) is 0 Å². The van der Waals surface area contributed by atoms with Crippen LogP contribution in [0.3, 0.4) is 0 Å². The van der Waals surface area contributed by atoms with Crippen LogP contribution in [-0.4, -0.2) is 44.8 Å². The smallest absolute Gasteiger partial charge is 0.253 e. The summed E-state index contributed by atoms with van der Waals surface area (Å²) in [5.74, 6) is 1.04. The molecule has 1 atom stereocenters. The zero-order valence-electron chi connectivity index (χ0n) is 13.2. The molecular weight excluding hydrogens is 292 g/mol. The van der Waals surface area contributed by atoms with E-state index in [0.29, 0.717) is 6.04 Å². The predicted octanol–water partition coefficient (Wildman–Crippen LogP) is 2.08. The van der Waals surface area contributed by atoms with Crippen molar-refractivity contribution in [2.24, 2.45) is 0 Å². The largest absolute Gasteiger partial charge is 0.490 e. The number of ether oxygens (including phenoxy) is 1. The van der Waals surface area contributed by atoms with E-state index in [1.807, 2.05) is 27.7 Å². The molecule has 2 aliphatic rings. The third-order valence-electron chi connectivity index (χ3n) is 4.75. The number of hydrogen-bond donors (Lipinski definition) is 0. The summed E-state index contributed by atoms with van der Waals surface area (Å²) >= 11 is 0. The van der Waals surface area contributed by atoms with Crippen LogP contribution < -0.4 is 4.74 Å². The van der Waals surface area contributed by atoms with Gasteiger partial charge in [-0.25, -0.2) is 0 Å². The number of aromatic nitrogens is 3. The maximum atomic E-state index is 12.7. The second-order valence-corrected chi connectivity index (χ2v) is 6.39. The van der Waals surface area contributed by atoms with Crippen LogP contribution in [0.25, 0.3) is 0 Å². The van der Waals surface area contributed by atoms with Crippen molar-refractivity contribution in [1.29, 1.82) is 0 Å². The van der Waals surface area contributed by atoms with E-state index < -0.39 is 0 Å². The lowest BCUT2D eigenvalue weighted by atomic mass is 10.0. The molecule has 6 nitrogen and oxygen atoms in total. The predicted molar refractivity (Wildman–Crippen MR) is 84.4 cm³/mol. The molecule has 2 aromatic rings. The molecule has 0 unspecified atom stereocenters. The van der Waals surface area contributed by atoms with E-state index in [0.717, 1.165) is 49.2 Å². The van der Waals surface area contributed by atoms with Gasteiger partial charge in [0.25, 0.3) is 5.91 Å². The number of carbonyl (C=O) groups excluding carboxylic acids is 1. The Hall–Kier alpha value is -2.37. The zero-order valence-corrected chi connectivity index (χ0v) is 13.2. The number of rotatable bonds is 2. The second-order valence-electron chi connectivity index (χ2n) is 6.39. The van der Waals surface area contributed by atoms with Crippen molar-refractivity contribution in [3.8, 4) is 5.75 Å². The first-order valence-electron chi connectivity index (χ1n) is 8.13. The molecule has 2 aliphatic heterocycles. The Morgan fingerprint density at radius 1 is 1.22 bits per heavy atom. The third kappa shape index (κ3) is 2.69. The lowest BCUT2D eigenvalue weighted by Gasteiger charge is -2.32.